The summed E-state index contributed by atoms with van der Waals surface area (Å²) in [7, 11) is 0. The molecule has 0 unspecified atom stereocenters. The third-order valence-electron chi connectivity index (χ3n) is 4.92. The van der Waals surface area contributed by atoms with Gasteiger partial charge in [-0.15, -0.1) is 0 Å². The molecule has 26 heavy (non-hydrogen) atoms. The minimum absolute atomic E-state index is 0.0493. The van der Waals surface area contributed by atoms with Gasteiger partial charge in [0, 0.05) is 30.5 Å². The van der Waals surface area contributed by atoms with Gasteiger partial charge in [0.2, 0.25) is 5.91 Å². The van der Waals surface area contributed by atoms with E-state index in [1.807, 2.05) is 6.20 Å². The number of aromatic nitrogens is 2. The summed E-state index contributed by atoms with van der Waals surface area (Å²) in [6, 6.07) is 5.86. The number of hydrogen-bond donors (Lipinski definition) is 1. The van der Waals surface area contributed by atoms with E-state index < -0.39 is 0 Å². The van der Waals surface area contributed by atoms with Crippen molar-refractivity contribution in [1.29, 1.82) is 0 Å². The van der Waals surface area contributed by atoms with Crippen molar-refractivity contribution in [2.75, 3.05) is 25.0 Å². The fourth-order valence-corrected chi connectivity index (χ4v) is 3.52. The lowest BCUT2D eigenvalue weighted by Crippen LogP contribution is -2.40. The topological polar surface area (TPSA) is 50.2 Å². The fourth-order valence-electron chi connectivity index (χ4n) is 3.52. The van der Waals surface area contributed by atoms with Crippen LogP contribution in [0.4, 0.5) is 10.1 Å². The second-order valence-corrected chi connectivity index (χ2v) is 7.37. The molecule has 1 N–H and O–H groups in total. The molecule has 2 aromatic rings. The van der Waals surface area contributed by atoms with E-state index in [1.165, 1.54) is 12.1 Å². The van der Waals surface area contributed by atoms with E-state index in [1.54, 1.807) is 12.1 Å². The van der Waals surface area contributed by atoms with E-state index in [4.69, 9.17) is 0 Å². The maximum Gasteiger partial charge on any atom is 0.238 e. The van der Waals surface area contributed by atoms with Gasteiger partial charge in [0.05, 0.1) is 6.54 Å². The minimum Gasteiger partial charge on any atom is -0.334 e. The Bertz CT molecular complexity index is 718. The van der Waals surface area contributed by atoms with Gasteiger partial charge in [0.25, 0.3) is 0 Å². The van der Waals surface area contributed by atoms with Gasteiger partial charge in [0.15, 0.2) is 0 Å². The highest BCUT2D eigenvalue weighted by molar-refractivity contribution is 5.92. The number of anilines is 1. The number of likely N-dealkylation sites (tertiary alicyclic amines) is 1. The number of rotatable bonds is 6. The van der Waals surface area contributed by atoms with Crippen molar-refractivity contribution < 1.29 is 9.18 Å². The highest BCUT2D eigenvalue weighted by Gasteiger charge is 2.22. The molecule has 1 aliphatic heterocycles. The zero-order chi connectivity index (χ0) is 18.5. The highest BCUT2D eigenvalue weighted by Crippen LogP contribution is 2.21. The smallest absolute Gasteiger partial charge is 0.238 e. The summed E-state index contributed by atoms with van der Waals surface area (Å²) in [5.74, 6) is 1.85. The molecule has 1 amide bonds. The molecule has 1 fully saturated rings. The lowest BCUT2D eigenvalue weighted by Gasteiger charge is -2.32. The maximum absolute atomic E-state index is 12.9. The first kappa shape index (κ1) is 18.6. The fraction of sp³-hybridized carbons (Fsp3) is 0.500. The molecule has 0 saturated carbocycles. The molecular weight excluding hydrogens is 331 g/mol. The lowest BCUT2D eigenvalue weighted by molar-refractivity contribution is -0.117. The highest BCUT2D eigenvalue weighted by atomic mass is 19.1. The molecule has 1 aromatic carbocycles. The number of halogens is 1. The molecule has 0 atom stereocenters. The first-order chi connectivity index (χ1) is 12.5. The van der Waals surface area contributed by atoms with Crippen LogP contribution >= 0.6 is 0 Å². The van der Waals surface area contributed by atoms with Gasteiger partial charge in [-0.25, -0.2) is 9.37 Å². The van der Waals surface area contributed by atoms with Crippen LogP contribution in [0.1, 0.15) is 38.4 Å². The number of benzene rings is 1. The molecule has 5 nitrogen and oxygen atoms in total. The van der Waals surface area contributed by atoms with Crippen molar-refractivity contribution in [2.45, 2.75) is 39.2 Å². The summed E-state index contributed by atoms with van der Waals surface area (Å²) in [5, 5.41) is 2.82. The number of carbonyl (C=O) groups excluding carboxylic acids is 1. The number of imidazole rings is 1. The van der Waals surface area contributed by atoms with Crippen LogP contribution in [0.15, 0.2) is 36.7 Å². The predicted molar refractivity (Wildman–Crippen MR) is 101 cm³/mol. The van der Waals surface area contributed by atoms with Gasteiger partial charge < -0.3 is 9.88 Å². The number of amides is 1. The summed E-state index contributed by atoms with van der Waals surface area (Å²) >= 11 is 0. The summed E-state index contributed by atoms with van der Waals surface area (Å²) in [4.78, 5) is 18.8. The van der Waals surface area contributed by atoms with Crippen LogP contribution in [0.2, 0.25) is 0 Å². The molecule has 0 spiro atoms. The average molecular weight is 358 g/mol. The Labute approximate surface area is 154 Å². The Morgan fingerprint density at radius 1 is 1.27 bits per heavy atom. The zero-order valence-corrected chi connectivity index (χ0v) is 15.5. The third kappa shape index (κ3) is 4.91. The largest absolute Gasteiger partial charge is 0.334 e. The Kier molecular flexibility index (Phi) is 6.04. The standard InChI is InChI=1S/C20H27FN4O/c1-15(2)20-22-9-12-25(20)13-16-7-10-24(11-8-16)14-19(26)23-18-5-3-17(21)4-6-18/h3-6,9,12,15-16H,7-8,10-11,13-14H2,1-2H3,(H,23,26). The molecule has 3 rings (SSSR count). The van der Waals surface area contributed by atoms with Gasteiger partial charge in [0.1, 0.15) is 11.6 Å². The molecule has 0 bridgehead atoms. The van der Waals surface area contributed by atoms with Crippen LogP contribution in [0, 0.1) is 11.7 Å². The van der Waals surface area contributed by atoms with Crippen LogP contribution in [-0.4, -0.2) is 40.0 Å². The Hall–Kier alpha value is -2.21. The van der Waals surface area contributed by atoms with Crippen LogP contribution in [-0.2, 0) is 11.3 Å². The summed E-state index contributed by atoms with van der Waals surface area (Å²) in [6.07, 6.45) is 6.11. The van der Waals surface area contributed by atoms with Crippen molar-refractivity contribution in [2.24, 2.45) is 5.92 Å². The van der Waals surface area contributed by atoms with Crippen molar-refractivity contribution >= 4 is 11.6 Å². The summed E-state index contributed by atoms with van der Waals surface area (Å²) in [6.45, 7) is 7.57. The summed E-state index contributed by atoms with van der Waals surface area (Å²) in [5.41, 5.74) is 0.632. The van der Waals surface area contributed by atoms with Gasteiger partial charge in [-0.05, 0) is 56.1 Å². The van der Waals surface area contributed by atoms with Crippen LogP contribution in [0.5, 0.6) is 0 Å². The van der Waals surface area contributed by atoms with Crippen LogP contribution < -0.4 is 5.32 Å². The summed E-state index contributed by atoms with van der Waals surface area (Å²) < 4.78 is 15.2. The lowest BCUT2D eigenvalue weighted by atomic mass is 9.96. The first-order valence-corrected chi connectivity index (χ1v) is 9.30. The second-order valence-electron chi connectivity index (χ2n) is 7.37. The molecule has 0 radical (unpaired) electrons. The molecular formula is C20H27FN4O. The normalized spacial score (nSPS) is 16.2. The molecule has 1 aromatic heterocycles. The molecule has 140 valence electrons. The van der Waals surface area contributed by atoms with Crippen molar-refractivity contribution in [3.63, 3.8) is 0 Å². The van der Waals surface area contributed by atoms with Gasteiger partial charge in [-0.2, -0.15) is 0 Å². The maximum atomic E-state index is 12.9. The van der Waals surface area contributed by atoms with Gasteiger partial charge in [-0.1, -0.05) is 13.8 Å². The molecule has 6 heteroatoms. The van der Waals surface area contributed by atoms with E-state index in [0.717, 1.165) is 38.3 Å². The van der Waals surface area contributed by atoms with Gasteiger partial charge >= 0.3 is 0 Å². The van der Waals surface area contributed by atoms with Crippen LogP contribution in [0.25, 0.3) is 0 Å². The molecule has 1 aliphatic rings. The Balaban J connectivity index is 1.44. The minimum atomic E-state index is -0.302. The van der Waals surface area contributed by atoms with E-state index in [0.29, 0.717) is 24.1 Å². The van der Waals surface area contributed by atoms with Crippen molar-refractivity contribution in [3.05, 3.63) is 48.3 Å². The number of hydrogen-bond acceptors (Lipinski definition) is 3. The van der Waals surface area contributed by atoms with E-state index in [9.17, 15) is 9.18 Å². The molecule has 1 saturated heterocycles. The SMILES string of the molecule is CC(C)c1nccn1CC1CCN(CC(=O)Nc2ccc(F)cc2)CC1. The average Bonchev–Trinajstić information content (AvgIpc) is 3.07. The van der Waals surface area contributed by atoms with E-state index in [-0.39, 0.29) is 11.7 Å². The van der Waals surface area contributed by atoms with E-state index in [2.05, 4.69) is 39.8 Å². The van der Waals surface area contributed by atoms with Crippen LogP contribution in [0.3, 0.4) is 0 Å². The first-order valence-electron chi connectivity index (χ1n) is 9.30. The number of nitrogens with zero attached hydrogens (tertiary/aromatic N) is 3. The van der Waals surface area contributed by atoms with Crippen molar-refractivity contribution in [1.82, 2.24) is 14.5 Å². The number of nitrogens with one attached hydrogen (secondary N) is 1. The molecule has 0 aliphatic carbocycles. The van der Waals surface area contributed by atoms with Crippen molar-refractivity contribution in [3.8, 4) is 0 Å². The number of piperidine rings is 1. The zero-order valence-electron chi connectivity index (χ0n) is 15.5. The van der Waals surface area contributed by atoms with E-state index >= 15 is 0 Å². The number of carbonyl (C=O) groups is 1. The quantitative estimate of drug-likeness (QED) is 0.860. The Morgan fingerprint density at radius 2 is 1.96 bits per heavy atom. The third-order valence-corrected chi connectivity index (χ3v) is 4.92. The molecule has 2 heterocycles. The monoisotopic (exact) mass is 358 g/mol. The Morgan fingerprint density at radius 3 is 2.62 bits per heavy atom. The van der Waals surface area contributed by atoms with Gasteiger partial charge in [-0.3, -0.25) is 9.69 Å². The second kappa shape index (κ2) is 8.45. The predicted octanol–water partition coefficient (Wildman–Crippen LogP) is 3.50.